The number of benzene rings is 3. The van der Waals surface area contributed by atoms with Gasteiger partial charge < -0.3 is 5.32 Å². The molecule has 1 fully saturated rings. The van der Waals surface area contributed by atoms with E-state index in [1.807, 2.05) is 42.5 Å². The average molecular weight is 394 g/mol. The number of hydrogen-bond donors (Lipinski definition) is 2. The second-order valence-corrected chi connectivity index (χ2v) is 8.83. The monoisotopic (exact) mass is 394 g/mol. The zero-order chi connectivity index (χ0) is 19.6. The first kappa shape index (κ1) is 18.7. The van der Waals surface area contributed by atoms with Gasteiger partial charge in [0.05, 0.1) is 4.90 Å². The lowest BCUT2D eigenvalue weighted by atomic mass is 10.1. The van der Waals surface area contributed by atoms with Crippen molar-refractivity contribution in [1.29, 1.82) is 0 Å². The van der Waals surface area contributed by atoms with Crippen molar-refractivity contribution in [2.24, 2.45) is 0 Å². The second-order valence-electron chi connectivity index (χ2n) is 7.11. The molecule has 1 saturated carbocycles. The number of rotatable bonds is 7. The van der Waals surface area contributed by atoms with E-state index in [0.717, 1.165) is 34.9 Å². The van der Waals surface area contributed by atoms with Crippen molar-refractivity contribution in [2.75, 3.05) is 5.32 Å². The van der Waals surface area contributed by atoms with Crippen molar-refractivity contribution in [2.45, 2.75) is 36.6 Å². The topological polar surface area (TPSA) is 75.3 Å². The van der Waals surface area contributed by atoms with Crippen LogP contribution < -0.4 is 10.0 Å². The summed E-state index contributed by atoms with van der Waals surface area (Å²) in [5.74, 6) is -0.0662. The maximum atomic E-state index is 12.4. The van der Waals surface area contributed by atoms with Gasteiger partial charge in [-0.05, 0) is 48.4 Å². The van der Waals surface area contributed by atoms with Crippen LogP contribution in [0, 0.1) is 0 Å². The summed E-state index contributed by atoms with van der Waals surface area (Å²) in [6.07, 6.45) is 2.69. The number of carbonyl (C=O) groups is 1. The third kappa shape index (κ3) is 4.40. The van der Waals surface area contributed by atoms with Gasteiger partial charge in [-0.25, -0.2) is 13.1 Å². The Bertz CT molecular complexity index is 1100. The summed E-state index contributed by atoms with van der Waals surface area (Å²) in [7, 11) is -3.44. The number of anilines is 1. The summed E-state index contributed by atoms with van der Waals surface area (Å²) in [5, 5.41) is 5.07. The van der Waals surface area contributed by atoms with Gasteiger partial charge in [0, 0.05) is 23.5 Å². The van der Waals surface area contributed by atoms with E-state index in [4.69, 9.17) is 0 Å². The fourth-order valence-electron chi connectivity index (χ4n) is 3.13. The highest BCUT2D eigenvalue weighted by atomic mass is 32.2. The molecular formula is C22H22N2O3S. The molecule has 3 aromatic rings. The minimum absolute atomic E-state index is 0.0662. The van der Waals surface area contributed by atoms with E-state index in [1.165, 1.54) is 0 Å². The molecule has 4 rings (SSSR count). The van der Waals surface area contributed by atoms with Gasteiger partial charge in [0.25, 0.3) is 0 Å². The Labute approximate surface area is 164 Å². The van der Waals surface area contributed by atoms with Crippen LogP contribution >= 0.6 is 0 Å². The predicted molar refractivity (Wildman–Crippen MR) is 111 cm³/mol. The van der Waals surface area contributed by atoms with E-state index in [0.29, 0.717) is 12.8 Å². The van der Waals surface area contributed by atoms with Crippen LogP contribution in [0.2, 0.25) is 0 Å². The van der Waals surface area contributed by atoms with Gasteiger partial charge >= 0.3 is 0 Å². The maximum absolute atomic E-state index is 12.4. The molecule has 144 valence electrons. The quantitative estimate of drug-likeness (QED) is 0.639. The third-order valence-electron chi connectivity index (χ3n) is 4.84. The van der Waals surface area contributed by atoms with E-state index >= 15 is 0 Å². The molecule has 0 bridgehead atoms. The Balaban J connectivity index is 1.37. The van der Waals surface area contributed by atoms with Crippen LogP contribution in [-0.2, 0) is 21.2 Å². The molecule has 0 heterocycles. The highest BCUT2D eigenvalue weighted by Crippen LogP contribution is 2.24. The molecule has 6 heteroatoms. The fraction of sp³-hybridized carbons (Fsp3) is 0.227. The van der Waals surface area contributed by atoms with Gasteiger partial charge in [0.2, 0.25) is 15.9 Å². The number of carbonyl (C=O) groups excluding carboxylic acids is 1. The van der Waals surface area contributed by atoms with Gasteiger partial charge in [0.15, 0.2) is 0 Å². The highest BCUT2D eigenvalue weighted by molar-refractivity contribution is 7.89. The van der Waals surface area contributed by atoms with E-state index < -0.39 is 10.0 Å². The molecule has 0 aliphatic heterocycles. The summed E-state index contributed by atoms with van der Waals surface area (Å²) >= 11 is 0. The van der Waals surface area contributed by atoms with Crippen molar-refractivity contribution in [3.63, 3.8) is 0 Å². The van der Waals surface area contributed by atoms with Gasteiger partial charge in [-0.15, -0.1) is 0 Å². The van der Waals surface area contributed by atoms with Gasteiger partial charge in [0.1, 0.15) is 0 Å². The molecule has 1 amide bonds. The van der Waals surface area contributed by atoms with Gasteiger partial charge in [-0.2, -0.15) is 0 Å². The molecule has 5 nitrogen and oxygen atoms in total. The number of amides is 1. The SMILES string of the molecule is O=C(CCc1ccc(S(=O)(=O)NC2CC2)cc1)Nc1cccc2ccccc12. The first-order chi connectivity index (χ1) is 13.5. The lowest BCUT2D eigenvalue weighted by molar-refractivity contribution is -0.116. The van der Waals surface area contributed by atoms with Crippen LogP contribution in [0.15, 0.2) is 71.6 Å². The number of nitrogens with one attached hydrogen (secondary N) is 2. The second kappa shape index (κ2) is 7.73. The van der Waals surface area contributed by atoms with Crippen molar-refractivity contribution in [1.82, 2.24) is 4.72 Å². The van der Waals surface area contributed by atoms with Crippen molar-refractivity contribution < 1.29 is 13.2 Å². The number of fused-ring (bicyclic) bond motifs is 1. The molecule has 0 atom stereocenters. The highest BCUT2D eigenvalue weighted by Gasteiger charge is 2.27. The molecular weight excluding hydrogens is 372 g/mol. The molecule has 1 aliphatic carbocycles. The van der Waals surface area contributed by atoms with Crippen LogP contribution in [-0.4, -0.2) is 20.4 Å². The summed E-state index contributed by atoms with van der Waals surface area (Å²) in [4.78, 5) is 12.6. The Morgan fingerprint density at radius 3 is 2.39 bits per heavy atom. The van der Waals surface area contributed by atoms with E-state index in [2.05, 4.69) is 10.0 Å². The fourth-order valence-corrected chi connectivity index (χ4v) is 4.43. The Hall–Kier alpha value is -2.70. The minimum atomic E-state index is -3.44. The van der Waals surface area contributed by atoms with Crippen molar-refractivity contribution in [3.05, 3.63) is 72.3 Å². The van der Waals surface area contributed by atoms with Crippen LogP contribution in [0.3, 0.4) is 0 Å². The lowest BCUT2D eigenvalue weighted by Crippen LogP contribution is -2.25. The smallest absolute Gasteiger partial charge is 0.240 e. The zero-order valence-corrected chi connectivity index (χ0v) is 16.2. The number of sulfonamides is 1. The zero-order valence-electron chi connectivity index (χ0n) is 15.4. The molecule has 0 unspecified atom stereocenters. The molecule has 0 saturated heterocycles. The standard InChI is InChI=1S/C22H22N2O3S/c25-22(23-21-7-3-5-17-4-1-2-6-20(17)21)15-10-16-8-13-19(14-9-16)28(26,27)24-18-11-12-18/h1-9,13-14,18,24H,10-12,15H2,(H,23,25). The molecule has 28 heavy (non-hydrogen) atoms. The number of hydrogen-bond acceptors (Lipinski definition) is 3. The van der Waals surface area contributed by atoms with Gasteiger partial charge in [-0.1, -0.05) is 48.5 Å². The van der Waals surface area contributed by atoms with E-state index in [1.54, 1.807) is 24.3 Å². The van der Waals surface area contributed by atoms with Crippen LogP contribution in [0.25, 0.3) is 10.8 Å². The Morgan fingerprint density at radius 2 is 1.64 bits per heavy atom. The van der Waals surface area contributed by atoms with Crippen LogP contribution in [0.5, 0.6) is 0 Å². The van der Waals surface area contributed by atoms with Crippen molar-refractivity contribution >= 4 is 32.4 Å². The summed E-state index contributed by atoms with van der Waals surface area (Å²) < 4.78 is 27.1. The first-order valence-electron chi connectivity index (χ1n) is 9.40. The molecule has 0 spiro atoms. The number of aryl methyl sites for hydroxylation is 1. The van der Waals surface area contributed by atoms with Crippen LogP contribution in [0.4, 0.5) is 5.69 Å². The molecule has 0 radical (unpaired) electrons. The average Bonchev–Trinajstić information content (AvgIpc) is 3.50. The molecule has 1 aliphatic rings. The molecule has 3 aromatic carbocycles. The summed E-state index contributed by atoms with van der Waals surface area (Å²) in [5.41, 5.74) is 1.73. The molecule has 2 N–H and O–H groups in total. The summed E-state index contributed by atoms with van der Waals surface area (Å²) in [6.45, 7) is 0. The lowest BCUT2D eigenvalue weighted by Gasteiger charge is -2.09. The third-order valence-corrected chi connectivity index (χ3v) is 6.37. The Morgan fingerprint density at radius 1 is 0.929 bits per heavy atom. The normalized spacial score (nSPS) is 14.1. The predicted octanol–water partition coefficient (Wildman–Crippen LogP) is 3.85. The Kier molecular flexibility index (Phi) is 5.15. The van der Waals surface area contributed by atoms with Crippen LogP contribution in [0.1, 0.15) is 24.8 Å². The van der Waals surface area contributed by atoms with E-state index in [9.17, 15) is 13.2 Å². The summed E-state index contributed by atoms with van der Waals surface area (Å²) in [6, 6.07) is 20.6. The first-order valence-corrected chi connectivity index (χ1v) is 10.9. The van der Waals surface area contributed by atoms with Gasteiger partial charge in [-0.3, -0.25) is 4.79 Å². The largest absolute Gasteiger partial charge is 0.326 e. The molecule has 0 aromatic heterocycles. The van der Waals surface area contributed by atoms with E-state index in [-0.39, 0.29) is 16.8 Å². The minimum Gasteiger partial charge on any atom is -0.326 e. The van der Waals surface area contributed by atoms with Crippen molar-refractivity contribution in [3.8, 4) is 0 Å². The maximum Gasteiger partial charge on any atom is 0.240 e.